The Hall–Kier alpha value is -2.05. The number of para-hydroxylation sites is 1. The summed E-state index contributed by atoms with van der Waals surface area (Å²) in [6, 6.07) is 8.46. The van der Waals surface area contributed by atoms with Gasteiger partial charge in [-0.2, -0.15) is 16.4 Å². The molecule has 0 saturated carbocycles. The summed E-state index contributed by atoms with van der Waals surface area (Å²) >= 11 is 3.05. The fourth-order valence-electron chi connectivity index (χ4n) is 1.72. The zero-order chi connectivity index (χ0) is 14.7. The molecule has 0 atom stereocenters. The van der Waals surface area contributed by atoms with Gasteiger partial charge in [0.05, 0.1) is 11.9 Å². The van der Waals surface area contributed by atoms with Crippen molar-refractivity contribution < 1.29 is 4.39 Å². The number of aromatic nitrogens is 1. The summed E-state index contributed by atoms with van der Waals surface area (Å²) in [4.78, 5) is 5.00. The second-order valence-corrected chi connectivity index (χ2v) is 5.95. The van der Waals surface area contributed by atoms with Gasteiger partial charge in [-0.25, -0.2) is 14.1 Å². The summed E-state index contributed by atoms with van der Waals surface area (Å²) in [5.41, 5.74) is 2.32. The average molecular weight is 317 g/mol. The third-order valence-corrected chi connectivity index (χ3v) is 4.42. The van der Waals surface area contributed by atoms with Crippen LogP contribution in [0.4, 0.5) is 10.1 Å². The van der Waals surface area contributed by atoms with Crippen molar-refractivity contribution >= 4 is 34.6 Å². The van der Waals surface area contributed by atoms with E-state index >= 15 is 0 Å². The molecule has 106 valence electrons. The average Bonchev–Trinajstić information content (AvgIpc) is 3.10. The maximum absolute atomic E-state index is 13.7. The van der Waals surface area contributed by atoms with E-state index in [-0.39, 0.29) is 5.82 Å². The van der Waals surface area contributed by atoms with E-state index in [0.29, 0.717) is 10.5 Å². The first-order valence-electron chi connectivity index (χ1n) is 6.27. The molecular weight excluding hydrogens is 305 g/mol. The van der Waals surface area contributed by atoms with Crippen molar-refractivity contribution in [3.8, 4) is 0 Å². The summed E-state index contributed by atoms with van der Waals surface area (Å²) in [6.07, 6.45) is 1.77. The number of hydrogen-bond acceptors (Lipinski definition) is 4. The molecule has 0 aliphatic heterocycles. The Balaban J connectivity index is 2.03. The quantitative estimate of drug-likeness (QED) is 0.649. The highest BCUT2D eigenvalue weighted by Gasteiger charge is 2.02. The molecule has 1 aromatic carbocycles. The second kappa shape index (κ2) is 6.15. The van der Waals surface area contributed by atoms with Crippen molar-refractivity contribution in [2.75, 3.05) is 0 Å². The van der Waals surface area contributed by atoms with Crippen molar-refractivity contribution in [2.24, 2.45) is 10.1 Å². The minimum atomic E-state index is -0.336. The van der Waals surface area contributed by atoms with Gasteiger partial charge < -0.3 is 0 Å². The summed E-state index contributed by atoms with van der Waals surface area (Å²) in [5.74, 6) is -0.336. The maximum atomic E-state index is 13.7. The van der Waals surface area contributed by atoms with Crippen LogP contribution in [0, 0.1) is 12.7 Å². The van der Waals surface area contributed by atoms with E-state index in [1.165, 1.54) is 17.4 Å². The molecule has 0 unspecified atom stereocenters. The standard InChI is InChI=1S/C15H12FN3S2/c1-11-9-21-15(18-14-5-3-2-4-13(14)16)19(11)17-8-12-6-7-20-10-12/h2-10H,1H3/b17-8+,18-15?. The molecule has 3 aromatic rings. The van der Waals surface area contributed by atoms with E-state index in [9.17, 15) is 4.39 Å². The zero-order valence-electron chi connectivity index (χ0n) is 11.2. The Labute approximate surface area is 129 Å². The highest BCUT2D eigenvalue weighted by Crippen LogP contribution is 2.16. The van der Waals surface area contributed by atoms with Crippen LogP contribution in [0.5, 0.6) is 0 Å². The molecule has 0 spiro atoms. The Bertz CT molecular complexity index is 829. The smallest absolute Gasteiger partial charge is 0.211 e. The number of thiazole rings is 1. The molecule has 0 aliphatic rings. The number of thiophene rings is 1. The molecule has 3 rings (SSSR count). The number of hydrogen-bond donors (Lipinski definition) is 0. The Kier molecular flexibility index (Phi) is 4.08. The van der Waals surface area contributed by atoms with E-state index in [1.807, 2.05) is 29.1 Å². The maximum Gasteiger partial charge on any atom is 0.211 e. The fourth-order valence-corrected chi connectivity index (χ4v) is 3.15. The Morgan fingerprint density at radius 1 is 1.19 bits per heavy atom. The number of nitrogens with zero attached hydrogens (tertiary/aromatic N) is 3. The summed E-state index contributed by atoms with van der Waals surface area (Å²) in [7, 11) is 0. The lowest BCUT2D eigenvalue weighted by Gasteiger charge is -1.98. The molecule has 21 heavy (non-hydrogen) atoms. The van der Waals surface area contributed by atoms with Crippen molar-refractivity contribution in [3.05, 3.63) is 68.3 Å². The van der Waals surface area contributed by atoms with Crippen LogP contribution in [-0.4, -0.2) is 10.9 Å². The van der Waals surface area contributed by atoms with Gasteiger partial charge in [0.2, 0.25) is 4.80 Å². The Morgan fingerprint density at radius 3 is 2.81 bits per heavy atom. The number of halogens is 1. The van der Waals surface area contributed by atoms with Crippen LogP contribution in [0.1, 0.15) is 11.3 Å². The molecule has 0 aliphatic carbocycles. The predicted octanol–water partition coefficient (Wildman–Crippen LogP) is 4.17. The summed E-state index contributed by atoms with van der Waals surface area (Å²) in [5, 5.41) is 10.4. The lowest BCUT2D eigenvalue weighted by Crippen LogP contribution is -2.11. The molecule has 2 heterocycles. The van der Waals surface area contributed by atoms with Crippen LogP contribution in [0.15, 0.2) is 56.6 Å². The molecule has 2 aromatic heterocycles. The van der Waals surface area contributed by atoms with E-state index in [0.717, 1.165) is 11.3 Å². The van der Waals surface area contributed by atoms with Gasteiger partial charge in [0.15, 0.2) is 0 Å². The molecule has 0 saturated heterocycles. The van der Waals surface area contributed by atoms with Crippen molar-refractivity contribution in [1.29, 1.82) is 0 Å². The minimum absolute atomic E-state index is 0.318. The Morgan fingerprint density at radius 2 is 2.05 bits per heavy atom. The number of aryl methyl sites for hydroxylation is 1. The normalized spacial score (nSPS) is 12.4. The van der Waals surface area contributed by atoms with Crippen LogP contribution in [0.3, 0.4) is 0 Å². The zero-order valence-corrected chi connectivity index (χ0v) is 12.9. The minimum Gasteiger partial charge on any atom is -0.217 e. The first-order chi connectivity index (χ1) is 10.2. The summed E-state index contributed by atoms with van der Waals surface area (Å²) < 4.78 is 15.4. The largest absolute Gasteiger partial charge is 0.217 e. The molecule has 0 fully saturated rings. The molecule has 6 heteroatoms. The van der Waals surface area contributed by atoms with Gasteiger partial charge in [-0.1, -0.05) is 12.1 Å². The van der Waals surface area contributed by atoms with E-state index in [4.69, 9.17) is 0 Å². The first kappa shape index (κ1) is 13.9. The monoisotopic (exact) mass is 317 g/mol. The molecule has 0 N–H and O–H groups in total. The number of benzene rings is 1. The lowest BCUT2D eigenvalue weighted by atomic mass is 10.3. The topological polar surface area (TPSA) is 29.6 Å². The van der Waals surface area contributed by atoms with Crippen LogP contribution in [0.2, 0.25) is 0 Å². The number of rotatable bonds is 3. The van der Waals surface area contributed by atoms with E-state index in [2.05, 4.69) is 10.1 Å². The fraction of sp³-hybridized carbons (Fsp3) is 0.0667. The van der Waals surface area contributed by atoms with Gasteiger partial charge in [0, 0.05) is 10.9 Å². The predicted molar refractivity (Wildman–Crippen MR) is 86.0 cm³/mol. The lowest BCUT2D eigenvalue weighted by molar-refractivity contribution is 0.628. The highest BCUT2D eigenvalue weighted by atomic mass is 32.1. The third-order valence-electron chi connectivity index (χ3n) is 2.78. The van der Waals surface area contributed by atoms with E-state index in [1.54, 1.807) is 40.4 Å². The van der Waals surface area contributed by atoms with Gasteiger partial charge in [-0.3, -0.25) is 0 Å². The highest BCUT2D eigenvalue weighted by molar-refractivity contribution is 7.08. The van der Waals surface area contributed by atoms with Crippen LogP contribution >= 0.6 is 22.7 Å². The van der Waals surface area contributed by atoms with Gasteiger partial charge >= 0.3 is 0 Å². The van der Waals surface area contributed by atoms with Crippen molar-refractivity contribution in [1.82, 2.24) is 4.68 Å². The van der Waals surface area contributed by atoms with Crippen LogP contribution < -0.4 is 4.80 Å². The van der Waals surface area contributed by atoms with E-state index < -0.39 is 0 Å². The van der Waals surface area contributed by atoms with Crippen molar-refractivity contribution in [2.45, 2.75) is 6.92 Å². The molecule has 3 nitrogen and oxygen atoms in total. The molecule has 0 radical (unpaired) electrons. The van der Waals surface area contributed by atoms with Gasteiger partial charge in [0.1, 0.15) is 11.5 Å². The SMILES string of the molecule is Cc1csc(=Nc2ccccc2F)n1/N=C/c1ccsc1. The van der Waals surface area contributed by atoms with Crippen molar-refractivity contribution in [3.63, 3.8) is 0 Å². The molecule has 0 amide bonds. The second-order valence-electron chi connectivity index (χ2n) is 4.34. The van der Waals surface area contributed by atoms with Crippen LogP contribution in [-0.2, 0) is 0 Å². The first-order valence-corrected chi connectivity index (χ1v) is 8.09. The summed E-state index contributed by atoms with van der Waals surface area (Å²) in [6.45, 7) is 1.95. The van der Waals surface area contributed by atoms with Gasteiger partial charge in [-0.15, -0.1) is 11.3 Å². The molecular formula is C15H12FN3S2. The van der Waals surface area contributed by atoms with Crippen LogP contribution in [0.25, 0.3) is 0 Å². The molecule has 0 bridgehead atoms. The van der Waals surface area contributed by atoms with Gasteiger partial charge in [0.25, 0.3) is 0 Å². The third kappa shape index (κ3) is 3.17. The van der Waals surface area contributed by atoms with Gasteiger partial charge in [-0.05, 0) is 35.9 Å².